The second kappa shape index (κ2) is 6.03. The molecule has 0 saturated carbocycles. The molecule has 0 radical (unpaired) electrons. The Balaban J connectivity index is 2.14. The first-order chi connectivity index (χ1) is 9.82. The number of ether oxygens (including phenoxy) is 1. The molecule has 1 aliphatic rings. The first kappa shape index (κ1) is 15.8. The summed E-state index contributed by atoms with van der Waals surface area (Å²) < 4.78 is 5.86. The summed E-state index contributed by atoms with van der Waals surface area (Å²) in [5.74, 6) is 0.0372. The molecule has 0 bridgehead atoms. The van der Waals surface area contributed by atoms with E-state index in [4.69, 9.17) is 10.5 Å². The maximum absolute atomic E-state index is 12.6. The Morgan fingerprint density at radius 1 is 1.38 bits per heavy atom. The molecule has 1 unspecified atom stereocenters. The van der Waals surface area contributed by atoms with Crippen LogP contribution in [0, 0.1) is 0 Å². The second-order valence-electron chi connectivity index (χ2n) is 6.36. The molecule has 1 atom stereocenters. The van der Waals surface area contributed by atoms with Crippen LogP contribution in [0.25, 0.3) is 0 Å². The first-order valence-corrected chi connectivity index (χ1v) is 7.27. The Labute approximate surface area is 126 Å². The quantitative estimate of drug-likeness (QED) is 0.913. The van der Waals surface area contributed by atoms with Gasteiger partial charge in [-0.1, -0.05) is 0 Å². The van der Waals surface area contributed by atoms with Crippen molar-refractivity contribution in [3.05, 3.63) is 29.8 Å². The van der Waals surface area contributed by atoms with Crippen molar-refractivity contribution >= 4 is 11.6 Å². The van der Waals surface area contributed by atoms with Gasteiger partial charge in [0.2, 0.25) is 0 Å². The smallest absolute Gasteiger partial charge is 0.254 e. The highest BCUT2D eigenvalue weighted by Gasteiger charge is 2.35. The minimum absolute atomic E-state index is 0.0372. The van der Waals surface area contributed by atoms with Gasteiger partial charge in [-0.2, -0.15) is 0 Å². The number of nitrogens with two attached hydrogens (primary N) is 1. The third-order valence-corrected chi connectivity index (χ3v) is 3.66. The lowest BCUT2D eigenvalue weighted by Gasteiger charge is -2.42. The van der Waals surface area contributed by atoms with E-state index < -0.39 is 0 Å². The van der Waals surface area contributed by atoms with Crippen LogP contribution in [-0.2, 0) is 4.74 Å². The topological polar surface area (TPSA) is 58.8 Å². The molecule has 0 aromatic heterocycles. The van der Waals surface area contributed by atoms with E-state index in [1.165, 1.54) is 0 Å². The third-order valence-electron chi connectivity index (χ3n) is 3.66. The number of anilines is 1. The second-order valence-corrected chi connectivity index (χ2v) is 6.36. The van der Waals surface area contributed by atoms with Crippen LogP contribution in [-0.4, -0.2) is 56.2 Å². The monoisotopic (exact) mass is 291 g/mol. The van der Waals surface area contributed by atoms with Crippen LogP contribution in [0.3, 0.4) is 0 Å². The van der Waals surface area contributed by atoms with Crippen molar-refractivity contribution in [1.29, 1.82) is 0 Å². The SMILES string of the molecule is CN(C)c1ccc(C(=O)N2CC(CN)OC(C)(C)C2)cc1. The van der Waals surface area contributed by atoms with Crippen molar-refractivity contribution in [3.63, 3.8) is 0 Å². The maximum atomic E-state index is 12.6. The van der Waals surface area contributed by atoms with Gasteiger partial charge in [0.05, 0.1) is 11.7 Å². The van der Waals surface area contributed by atoms with Crippen LogP contribution in [0.2, 0.25) is 0 Å². The first-order valence-electron chi connectivity index (χ1n) is 7.27. The molecular formula is C16H25N3O2. The van der Waals surface area contributed by atoms with Crippen molar-refractivity contribution in [2.24, 2.45) is 5.73 Å². The van der Waals surface area contributed by atoms with Crippen LogP contribution >= 0.6 is 0 Å². The molecule has 0 spiro atoms. The summed E-state index contributed by atoms with van der Waals surface area (Å²) in [6.07, 6.45) is -0.0984. The molecule has 1 heterocycles. The van der Waals surface area contributed by atoms with Crippen LogP contribution < -0.4 is 10.6 Å². The average molecular weight is 291 g/mol. The van der Waals surface area contributed by atoms with Crippen molar-refractivity contribution in [1.82, 2.24) is 4.90 Å². The summed E-state index contributed by atoms with van der Waals surface area (Å²) >= 11 is 0. The Hall–Kier alpha value is -1.59. The van der Waals surface area contributed by atoms with Crippen LogP contribution in [0.15, 0.2) is 24.3 Å². The van der Waals surface area contributed by atoms with E-state index in [9.17, 15) is 4.79 Å². The summed E-state index contributed by atoms with van der Waals surface area (Å²) in [4.78, 5) is 16.5. The number of hydrogen-bond acceptors (Lipinski definition) is 4. The highest BCUT2D eigenvalue weighted by Crippen LogP contribution is 2.23. The Bertz CT molecular complexity index is 497. The number of nitrogens with zero attached hydrogens (tertiary/aromatic N) is 2. The van der Waals surface area contributed by atoms with Crippen LogP contribution in [0.5, 0.6) is 0 Å². The van der Waals surface area contributed by atoms with Gasteiger partial charge in [0, 0.05) is 45.0 Å². The van der Waals surface area contributed by atoms with Gasteiger partial charge in [-0.3, -0.25) is 4.79 Å². The molecular weight excluding hydrogens is 266 g/mol. The summed E-state index contributed by atoms with van der Waals surface area (Å²) in [5.41, 5.74) is 7.13. The number of hydrogen-bond donors (Lipinski definition) is 1. The molecule has 2 N–H and O–H groups in total. The molecule has 2 rings (SSSR count). The fourth-order valence-electron chi connectivity index (χ4n) is 2.66. The van der Waals surface area contributed by atoms with Gasteiger partial charge in [0.1, 0.15) is 0 Å². The van der Waals surface area contributed by atoms with Crippen molar-refractivity contribution in [2.45, 2.75) is 25.6 Å². The molecule has 1 aromatic rings. The van der Waals surface area contributed by atoms with Crippen molar-refractivity contribution in [2.75, 3.05) is 38.6 Å². The molecule has 1 aliphatic heterocycles. The fraction of sp³-hybridized carbons (Fsp3) is 0.562. The van der Waals surface area contributed by atoms with Gasteiger partial charge in [0.25, 0.3) is 5.91 Å². The number of rotatable bonds is 3. The standard InChI is InChI=1S/C16H25N3O2/c1-16(2)11-19(10-14(9-17)21-16)15(20)12-5-7-13(8-6-12)18(3)4/h5-8,14H,9-11,17H2,1-4H3. The van der Waals surface area contributed by atoms with Gasteiger partial charge in [-0.15, -0.1) is 0 Å². The Morgan fingerprint density at radius 3 is 2.52 bits per heavy atom. The molecule has 1 amide bonds. The van der Waals surface area contributed by atoms with Crippen molar-refractivity contribution in [3.8, 4) is 0 Å². The summed E-state index contributed by atoms with van der Waals surface area (Å²) in [7, 11) is 3.96. The number of morpholine rings is 1. The van der Waals surface area contributed by atoms with Crippen molar-refractivity contribution < 1.29 is 9.53 Å². The Morgan fingerprint density at radius 2 is 2.00 bits per heavy atom. The predicted octanol–water partition coefficient (Wildman–Crippen LogP) is 1.33. The van der Waals surface area contributed by atoms with Gasteiger partial charge in [-0.05, 0) is 38.1 Å². The minimum Gasteiger partial charge on any atom is -0.378 e. The lowest BCUT2D eigenvalue weighted by molar-refractivity contribution is -0.122. The number of amides is 1. The van der Waals surface area contributed by atoms with Gasteiger partial charge in [0.15, 0.2) is 0 Å². The molecule has 21 heavy (non-hydrogen) atoms. The average Bonchev–Trinajstić information content (AvgIpc) is 2.44. The number of carbonyl (C=O) groups excluding carboxylic acids is 1. The molecule has 1 aromatic carbocycles. The summed E-state index contributed by atoms with van der Waals surface area (Å²) in [5, 5.41) is 0. The van der Waals surface area contributed by atoms with Gasteiger partial charge in [-0.25, -0.2) is 0 Å². The molecule has 5 nitrogen and oxygen atoms in total. The zero-order valence-corrected chi connectivity index (χ0v) is 13.3. The minimum atomic E-state index is -0.360. The van der Waals surface area contributed by atoms with E-state index in [-0.39, 0.29) is 17.6 Å². The van der Waals surface area contributed by atoms with E-state index in [0.29, 0.717) is 25.2 Å². The van der Waals surface area contributed by atoms with E-state index in [0.717, 1.165) is 5.69 Å². The fourth-order valence-corrected chi connectivity index (χ4v) is 2.66. The maximum Gasteiger partial charge on any atom is 0.254 e. The summed E-state index contributed by atoms with van der Waals surface area (Å²) in [6.45, 7) is 5.53. The van der Waals surface area contributed by atoms with E-state index in [2.05, 4.69) is 0 Å². The summed E-state index contributed by atoms with van der Waals surface area (Å²) in [6, 6.07) is 7.66. The molecule has 5 heteroatoms. The number of carbonyl (C=O) groups is 1. The zero-order chi connectivity index (χ0) is 15.6. The van der Waals surface area contributed by atoms with E-state index in [1.54, 1.807) is 0 Å². The lowest BCUT2D eigenvalue weighted by atomic mass is 10.0. The third kappa shape index (κ3) is 3.74. The van der Waals surface area contributed by atoms with E-state index >= 15 is 0 Å². The van der Waals surface area contributed by atoms with Crippen LogP contribution in [0.4, 0.5) is 5.69 Å². The highest BCUT2D eigenvalue weighted by atomic mass is 16.5. The highest BCUT2D eigenvalue weighted by molar-refractivity contribution is 5.94. The molecule has 0 aliphatic carbocycles. The normalized spacial score (nSPS) is 21.2. The van der Waals surface area contributed by atoms with Crippen LogP contribution in [0.1, 0.15) is 24.2 Å². The Kier molecular flexibility index (Phi) is 4.54. The van der Waals surface area contributed by atoms with Gasteiger partial charge < -0.3 is 20.3 Å². The molecule has 1 fully saturated rings. The molecule has 1 saturated heterocycles. The van der Waals surface area contributed by atoms with E-state index in [1.807, 2.05) is 62.0 Å². The number of benzene rings is 1. The lowest BCUT2D eigenvalue weighted by Crippen LogP contribution is -2.56. The predicted molar refractivity (Wildman–Crippen MR) is 84.7 cm³/mol. The zero-order valence-electron chi connectivity index (χ0n) is 13.3. The molecule has 116 valence electrons. The largest absolute Gasteiger partial charge is 0.378 e. The van der Waals surface area contributed by atoms with Gasteiger partial charge >= 0.3 is 0 Å².